The average Bonchev–Trinajstić information content (AvgIpc) is 2.87. The molecular weight excluding hydrogens is 228 g/mol. The molecule has 2 aliphatic rings. The van der Waals surface area contributed by atoms with E-state index in [2.05, 4.69) is 18.8 Å². The van der Waals surface area contributed by atoms with Gasteiger partial charge in [-0.3, -0.25) is 0 Å². The number of ether oxygens (including phenoxy) is 2. The van der Waals surface area contributed by atoms with Crippen LogP contribution in [-0.4, -0.2) is 30.7 Å². The summed E-state index contributed by atoms with van der Waals surface area (Å²) >= 11 is 0. The molecule has 5 atom stereocenters. The Hall–Kier alpha value is -0.560. The summed E-state index contributed by atoms with van der Waals surface area (Å²) in [4.78, 5) is 0. The van der Waals surface area contributed by atoms with Crippen LogP contribution in [0.4, 0.5) is 0 Å². The number of hydrogen-bond acceptors (Lipinski definition) is 3. The summed E-state index contributed by atoms with van der Waals surface area (Å²) in [7, 11) is 1.67. The second-order valence-corrected chi connectivity index (χ2v) is 5.35. The SMILES string of the molecule is CCCCCC#CC1C(O)CC2OC(OC)CC21. The van der Waals surface area contributed by atoms with E-state index < -0.39 is 0 Å². The van der Waals surface area contributed by atoms with Gasteiger partial charge < -0.3 is 14.6 Å². The fourth-order valence-corrected chi connectivity index (χ4v) is 3.01. The summed E-state index contributed by atoms with van der Waals surface area (Å²) in [6.07, 6.45) is 5.87. The fourth-order valence-electron chi connectivity index (χ4n) is 3.01. The van der Waals surface area contributed by atoms with Gasteiger partial charge in [0.2, 0.25) is 0 Å². The van der Waals surface area contributed by atoms with Crippen molar-refractivity contribution < 1.29 is 14.6 Å². The molecule has 3 nitrogen and oxygen atoms in total. The summed E-state index contributed by atoms with van der Waals surface area (Å²) < 4.78 is 11.0. The minimum atomic E-state index is -0.323. The Bertz CT molecular complexity index is 317. The van der Waals surface area contributed by atoms with Gasteiger partial charge in [0.1, 0.15) is 0 Å². The highest BCUT2D eigenvalue weighted by Gasteiger charge is 2.48. The molecule has 2 rings (SSSR count). The molecule has 1 heterocycles. The van der Waals surface area contributed by atoms with Gasteiger partial charge in [-0.05, 0) is 6.42 Å². The van der Waals surface area contributed by atoms with Crippen molar-refractivity contribution in [2.75, 3.05) is 7.11 Å². The third-order valence-electron chi connectivity index (χ3n) is 4.06. The predicted octanol–water partition coefficient (Wildman–Crippen LogP) is 2.33. The van der Waals surface area contributed by atoms with Crippen LogP contribution in [0.2, 0.25) is 0 Å². The molecule has 0 radical (unpaired) electrons. The Kier molecular flexibility index (Phi) is 5.05. The third kappa shape index (κ3) is 3.06. The number of aliphatic hydroxyl groups is 1. The van der Waals surface area contributed by atoms with Crippen LogP contribution in [0.15, 0.2) is 0 Å². The quantitative estimate of drug-likeness (QED) is 0.616. The topological polar surface area (TPSA) is 38.7 Å². The molecular formula is C15H24O3. The van der Waals surface area contributed by atoms with Crippen molar-refractivity contribution in [1.29, 1.82) is 0 Å². The van der Waals surface area contributed by atoms with Crippen molar-refractivity contribution in [2.24, 2.45) is 11.8 Å². The molecule has 1 N–H and O–H groups in total. The number of hydrogen-bond donors (Lipinski definition) is 1. The Morgan fingerprint density at radius 3 is 2.89 bits per heavy atom. The molecule has 1 saturated carbocycles. The normalized spacial score (nSPS) is 38.3. The number of aliphatic hydroxyl groups excluding tert-OH is 1. The van der Waals surface area contributed by atoms with E-state index in [0.29, 0.717) is 12.3 Å². The Labute approximate surface area is 110 Å². The first kappa shape index (κ1) is 13.9. The van der Waals surface area contributed by atoms with E-state index in [-0.39, 0.29) is 24.4 Å². The summed E-state index contributed by atoms with van der Waals surface area (Å²) in [5.74, 6) is 6.93. The molecule has 2 fully saturated rings. The monoisotopic (exact) mass is 252 g/mol. The van der Waals surface area contributed by atoms with Crippen LogP contribution in [0.25, 0.3) is 0 Å². The van der Waals surface area contributed by atoms with E-state index in [1.54, 1.807) is 7.11 Å². The summed E-state index contributed by atoms with van der Waals surface area (Å²) in [5, 5.41) is 10.0. The van der Waals surface area contributed by atoms with Gasteiger partial charge in [0.15, 0.2) is 6.29 Å². The van der Waals surface area contributed by atoms with Gasteiger partial charge in [-0.25, -0.2) is 0 Å². The minimum absolute atomic E-state index is 0.0803. The molecule has 18 heavy (non-hydrogen) atoms. The van der Waals surface area contributed by atoms with E-state index >= 15 is 0 Å². The van der Waals surface area contributed by atoms with E-state index in [4.69, 9.17) is 9.47 Å². The Balaban J connectivity index is 1.87. The molecule has 0 aromatic carbocycles. The molecule has 0 aromatic rings. The lowest BCUT2D eigenvalue weighted by Gasteiger charge is -2.14. The number of unbranched alkanes of at least 4 members (excludes halogenated alkanes) is 3. The highest BCUT2D eigenvalue weighted by atomic mass is 16.7. The summed E-state index contributed by atoms with van der Waals surface area (Å²) in [5.41, 5.74) is 0. The van der Waals surface area contributed by atoms with Crippen molar-refractivity contribution in [3.63, 3.8) is 0 Å². The van der Waals surface area contributed by atoms with Crippen LogP contribution in [0.3, 0.4) is 0 Å². The first-order valence-corrected chi connectivity index (χ1v) is 7.11. The maximum absolute atomic E-state index is 10.0. The average molecular weight is 252 g/mol. The van der Waals surface area contributed by atoms with Gasteiger partial charge in [0.05, 0.1) is 18.1 Å². The first-order chi connectivity index (χ1) is 8.76. The zero-order chi connectivity index (χ0) is 13.0. The molecule has 3 heteroatoms. The molecule has 102 valence electrons. The van der Waals surface area contributed by atoms with Gasteiger partial charge >= 0.3 is 0 Å². The van der Waals surface area contributed by atoms with Gasteiger partial charge in [-0.1, -0.05) is 25.7 Å². The molecule has 0 amide bonds. The minimum Gasteiger partial charge on any atom is -0.392 e. The Morgan fingerprint density at radius 2 is 2.17 bits per heavy atom. The molecule has 1 aliphatic carbocycles. The maximum Gasteiger partial charge on any atom is 0.157 e. The Morgan fingerprint density at radius 1 is 1.33 bits per heavy atom. The van der Waals surface area contributed by atoms with Crippen molar-refractivity contribution >= 4 is 0 Å². The second-order valence-electron chi connectivity index (χ2n) is 5.35. The number of fused-ring (bicyclic) bond motifs is 1. The van der Waals surface area contributed by atoms with Crippen LogP contribution in [0.1, 0.15) is 45.4 Å². The van der Waals surface area contributed by atoms with Crippen LogP contribution < -0.4 is 0 Å². The highest BCUT2D eigenvalue weighted by molar-refractivity contribution is 5.13. The molecule has 0 aromatic heterocycles. The zero-order valence-corrected chi connectivity index (χ0v) is 11.4. The summed E-state index contributed by atoms with van der Waals surface area (Å²) in [6.45, 7) is 2.19. The van der Waals surface area contributed by atoms with E-state index in [0.717, 1.165) is 19.3 Å². The van der Waals surface area contributed by atoms with Crippen molar-refractivity contribution in [3.8, 4) is 11.8 Å². The first-order valence-electron chi connectivity index (χ1n) is 7.11. The molecule has 1 aliphatic heterocycles. The van der Waals surface area contributed by atoms with E-state index in [1.807, 2.05) is 0 Å². The van der Waals surface area contributed by atoms with Gasteiger partial charge in [0, 0.05) is 32.3 Å². The van der Waals surface area contributed by atoms with Crippen molar-refractivity contribution in [1.82, 2.24) is 0 Å². The van der Waals surface area contributed by atoms with Crippen LogP contribution in [0, 0.1) is 23.7 Å². The van der Waals surface area contributed by atoms with E-state index in [9.17, 15) is 5.11 Å². The second kappa shape index (κ2) is 6.56. The lowest BCUT2D eigenvalue weighted by atomic mass is 9.92. The van der Waals surface area contributed by atoms with Gasteiger partial charge in [-0.15, -0.1) is 5.92 Å². The van der Waals surface area contributed by atoms with Crippen molar-refractivity contribution in [2.45, 2.75) is 63.9 Å². The largest absolute Gasteiger partial charge is 0.392 e. The lowest BCUT2D eigenvalue weighted by Crippen LogP contribution is -2.19. The van der Waals surface area contributed by atoms with Crippen LogP contribution in [-0.2, 0) is 9.47 Å². The van der Waals surface area contributed by atoms with E-state index in [1.165, 1.54) is 12.8 Å². The lowest BCUT2D eigenvalue weighted by molar-refractivity contribution is -0.118. The van der Waals surface area contributed by atoms with Gasteiger partial charge in [-0.2, -0.15) is 0 Å². The van der Waals surface area contributed by atoms with Crippen LogP contribution in [0.5, 0.6) is 0 Å². The van der Waals surface area contributed by atoms with Gasteiger partial charge in [0.25, 0.3) is 0 Å². The molecule has 0 spiro atoms. The smallest absolute Gasteiger partial charge is 0.157 e. The fraction of sp³-hybridized carbons (Fsp3) is 0.867. The number of methoxy groups -OCH3 is 1. The van der Waals surface area contributed by atoms with Crippen molar-refractivity contribution in [3.05, 3.63) is 0 Å². The molecule has 5 unspecified atom stereocenters. The molecule has 0 bridgehead atoms. The highest BCUT2D eigenvalue weighted by Crippen LogP contribution is 2.43. The predicted molar refractivity (Wildman–Crippen MR) is 69.8 cm³/mol. The zero-order valence-electron chi connectivity index (χ0n) is 11.4. The maximum atomic E-state index is 10.0. The number of rotatable bonds is 4. The third-order valence-corrected chi connectivity index (χ3v) is 4.06. The van der Waals surface area contributed by atoms with Crippen LogP contribution >= 0.6 is 0 Å². The molecule has 1 saturated heterocycles. The summed E-state index contributed by atoms with van der Waals surface area (Å²) in [6, 6.07) is 0. The standard InChI is InChI=1S/C15H24O3/c1-3-4-5-6-7-8-11-12-9-15(17-2)18-14(12)10-13(11)16/h11-16H,3-6,9-10H2,1-2H3.